The number of nitrogens with zero attached hydrogens (tertiary/aromatic N) is 1. The number of fused-ring (bicyclic) bond motifs is 3. The molecule has 0 spiro atoms. The van der Waals surface area contributed by atoms with Crippen molar-refractivity contribution >= 4 is 0 Å². The number of piperidine rings is 1. The Balaban J connectivity index is 1.80. The molecule has 1 aliphatic heterocycles. The summed E-state index contributed by atoms with van der Waals surface area (Å²) in [5.74, 6) is 2.08. The summed E-state index contributed by atoms with van der Waals surface area (Å²) in [6.07, 6.45) is 1.32. The van der Waals surface area contributed by atoms with Gasteiger partial charge in [0.05, 0.1) is 0 Å². The van der Waals surface area contributed by atoms with E-state index >= 15 is 0 Å². The summed E-state index contributed by atoms with van der Waals surface area (Å²) in [6, 6.07) is 16.4. The van der Waals surface area contributed by atoms with Crippen LogP contribution in [-0.2, 0) is 0 Å². The summed E-state index contributed by atoms with van der Waals surface area (Å²) >= 11 is 0. The molecule has 1 heteroatoms. The molecular weight excluding hydrogens is 278 g/mol. The number of likely N-dealkylation sites (tertiary alicyclic amines) is 1. The molecule has 0 unspecified atom stereocenters. The van der Waals surface area contributed by atoms with Gasteiger partial charge in [0.25, 0.3) is 0 Å². The van der Waals surface area contributed by atoms with Crippen LogP contribution in [0.25, 0.3) is 0 Å². The van der Waals surface area contributed by atoms with Gasteiger partial charge in [-0.25, -0.2) is 0 Å². The average molecular weight is 305 g/mol. The lowest BCUT2D eigenvalue weighted by Gasteiger charge is -2.37. The molecule has 2 aliphatic rings. The van der Waals surface area contributed by atoms with E-state index in [2.05, 4.69) is 68.1 Å². The quantitative estimate of drug-likeness (QED) is 0.765. The Bertz CT molecular complexity index is 700. The molecule has 1 fully saturated rings. The van der Waals surface area contributed by atoms with Crippen molar-refractivity contribution in [2.24, 2.45) is 5.92 Å². The van der Waals surface area contributed by atoms with Crippen LogP contribution >= 0.6 is 0 Å². The fourth-order valence-corrected chi connectivity index (χ4v) is 4.79. The monoisotopic (exact) mass is 305 g/mol. The highest BCUT2D eigenvalue weighted by Crippen LogP contribution is 2.53. The first-order valence-electron chi connectivity index (χ1n) is 9.06. The van der Waals surface area contributed by atoms with Crippen LogP contribution in [0.1, 0.15) is 53.0 Å². The molecule has 0 amide bonds. The molecule has 23 heavy (non-hydrogen) atoms. The minimum Gasteiger partial charge on any atom is -0.303 e. The molecule has 0 radical (unpaired) electrons. The SMILES string of the molecule is CCN1CC[C@@H]2[C@@H](c3ccc(C)cc3)c3cc(C)ccc3[C@@H]2C1. The maximum Gasteiger partial charge on any atom is 0.0127 e. The molecule has 1 nitrogen and oxygen atoms in total. The van der Waals surface area contributed by atoms with Crippen molar-refractivity contribution in [1.82, 2.24) is 4.90 Å². The van der Waals surface area contributed by atoms with Crippen molar-refractivity contribution in [2.45, 2.75) is 39.0 Å². The van der Waals surface area contributed by atoms with Crippen LogP contribution < -0.4 is 0 Å². The van der Waals surface area contributed by atoms with Crippen LogP contribution in [0.3, 0.4) is 0 Å². The Hall–Kier alpha value is -1.60. The third-order valence-corrected chi connectivity index (χ3v) is 6.04. The summed E-state index contributed by atoms with van der Waals surface area (Å²) in [4.78, 5) is 2.63. The first kappa shape index (κ1) is 15.0. The molecule has 0 N–H and O–H groups in total. The molecule has 4 rings (SSSR count). The standard InChI is InChI=1S/C22H27N/c1-4-23-12-11-19-21(14-23)18-10-7-16(3)13-20(18)22(19)17-8-5-15(2)6-9-17/h5-10,13,19,21-22H,4,11-12,14H2,1-3H3/t19-,21-,22+/m0/s1. The summed E-state index contributed by atoms with van der Waals surface area (Å²) < 4.78 is 0. The van der Waals surface area contributed by atoms with Gasteiger partial charge >= 0.3 is 0 Å². The van der Waals surface area contributed by atoms with E-state index in [-0.39, 0.29) is 0 Å². The minimum atomic E-state index is 0.592. The van der Waals surface area contributed by atoms with Gasteiger partial charge in [-0.3, -0.25) is 0 Å². The smallest absolute Gasteiger partial charge is 0.0127 e. The Morgan fingerprint density at radius 1 is 0.957 bits per heavy atom. The first-order valence-corrected chi connectivity index (χ1v) is 9.06. The van der Waals surface area contributed by atoms with Crippen molar-refractivity contribution in [3.8, 4) is 0 Å². The minimum absolute atomic E-state index is 0.592. The van der Waals surface area contributed by atoms with Gasteiger partial charge < -0.3 is 4.90 Å². The molecule has 2 aromatic carbocycles. The van der Waals surface area contributed by atoms with Gasteiger partial charge in [0.2, 0.25) is 0 Å². The normalized spacial score (nSPS) is 26.8. The summed E-state index contributed by atoms with van der Waals surface area (Å²) in [6.45, 7) is 10.4. The zero-order chi connectivity index (χ0) is 16.0. The third-order valence-electron chi connectivity index (χ3n) is 6.04. The van der Waals surface area contributed by atoms with Crippen molar-refractivity contribution in [2.75, 3.05) is 19.6 Å². The highest BCUT2D eigenvalue weighted by atomic mass is 15.1. The molecule has 1 heterocycles. The summed E-state index contributed by atoms with van der Waals surface area (Å²) in [7, 11) is 0. The second-order valence-electron chi connectivity index (χ2n) is 7.47. The van der Waals surface area contributed by atoms with Crippen molar-refractivity contribution in [1.29, 1.82) is 0 Å². The second-order valence-corrected chi connectivity index (χ2v) is 7.47. The number of hydrogen-bond acceptors (Lipinski definition) is 1. The molecule has 2 aromatic rings. The molecule has 3 atom stereocenters. The Morgan fingerprint density at radius 2 is 1.70 bits per heavy atom. The number of rotatable bonds is 2. The van der Waals surface area contributed by atoms with Crippen LogP contribution in [0.5, 0.6) is 0 Å². The third kappa shape index (κ3) is 2.52. The molecule has 0 bridgehead atoms. The van der Waals surface area contributed by atoms with E-state index in [1.54, 1.807) is 11.1 Å². The second kappa shape index (κ2) is 5.79. The van der Waals surface area contributed by atoms with Crippen LogP contribution in [-0.4, -0.2) is 24.5 Å². The fourth-order valence-electron chi connectivity index (χ4n) is 4.79. The highest BCUT2D eigenvalue weighted by molar-refractivity contribution is 5.48. The summed E-state index contributed by atoms with van der Waals surface area (Å²) in [5, 5.41) is 0. The topological polar surface area (TPSA) is 3.24 Å². The van der Waals surface area contributed by atoms with Crippen LogP contribution in [0.15, 0.2) is 42.5 Å². The zero-order valence-electron chi connectivity index (χ0n) is 14.5. The van der Waals surface area contributed by atoms with E-state index in [1.807, 2.05) is 0 Å². The average Bonchev–Trinajstić information content (AvgIpc) is 2.88. The molecular formula is C22H27N. The fraction of sp³-hybridized carbons (Fsp3) is 0.455. The molecule has 120 valence electrons. The Labute approximate surface area is 140 Å². The lowest BCUT2D eigenvalue weighted by molar-refractivity contribution is 0.167. The van der Waals surface area contributed by atoms with Gasteiger partial charge in [0, 0.05) is 18.4 Å². The maximum atomic E-state index is 2.63. The first-order chi connectivity index (χ1) is 11.2. The Morgan fingerprint density at radius 3 is 2.43 bits per heavy atom. The predicted molar refractivity (Wildman–Crippen MR) is 97.2 cm³/mol. The van der Waals surface area contributed by atoms with E-state index in [0.29, 0.717) is 11.8 Å². The van der Waals surface area contributed by atoms with Gasteiger partial charge in [-0.05, 0) is 56.0 Å². The van der Waals surface area contributed by atoms with Gasteiger partial charge in [-0.1, -0.05) is 60.5 Å². The van der Waals surface area contributed by atoms with E-state index in [9.17, 15) is 0 Å². The largest absolute Gasteiger partial charge is 0.303 e. The lowest BCUT2D eigenvalue weighted by Crippen LogP contribution is -2.38. The maximum absolute atomic E-state index is 2.63. The zero-order valence-corrected chi connectivity index (χ0v) is 14.5. The van der Waals surface area contributed by atoms with Crippen LogP contribution in [0.4, 0.5) is 0 Å². The van der Waals surface area contributed by atoms with Crippen molar-refractivity contribution < 1.29 is 0 Å². The summed E-state index contributed by atoms with van der Waals surface area (Å²) in [5.41, 5.74) is 7.48. The number of aryl methyl sites for hydroxylation is 2. The van der Waals surface area contributed by atoms with E-state index in [0.717, 1.165) is 5.92 Å². The Kier molecular flexibility index (Phi) is 3.77. The van der Waals surface area contributed by atoms with Gasteiger partial charge in [0.15, 0.2) is 0 Å². The molecule has 1 aliphatic carbocycles. The highest BCUT2D eigenvalue weighted by Gasteiger charge is 2.43. The van der Waals surface area contributed by atoms with Crippen LogP contribution in [0, 0.1) is 19.8 Å². The molecule has 0 saturated carbocycles. The number of likely N-dealkylation sites (N-methyl/N-ethyl adjacent to an activating group) is 1. The van der Waals surface area contributed by atoms with E-state index < -0.39 is 0 Å². The van der Waals surface area contributed by atoms with Gasteiger partial charge in [0.1, 0.15) is 0 Å². The van der Waals surface area contributed by atoms with Crippen LogP contribution in [0.2, 0.25) is 0 Å². The van der Waals surface area contributed by atoms with E-state index in [1.165, 1.54) is 42.7 Å². The van der Waals surface area contributed by atoms with Gasteiger partial charge in [-0.15, -0.1) is 0 Å². The van der Waals surface area contributed by atoms with Crippen molar-refractivity contribution in [3.63, 3.8) is 0 Å². The predicted octanol–water partition coefficient (Wildman–Crippen LogP) is 4.87. The van der Waals surface area contributed by atoms with Gasteiger partial charge in [-0.2, -0.15) is 0 Å². The van der Waals surface area contributed by atoms with Crippen molar-refractivity contribution in [3.05, 3.63) is 70.3 Å². The number of hydrogen-bond donors (Lipinski definition) is 0. The lowest BCUT2D eigenvalue weighted by atomic mass is 9.78. The van der Waals surface area contributed by atoms with E-state index in [4.69, 9.17) is 0 Å². The molecule has 1 saturated heterocycles. The number of benzene rings is 2. The molecule has 0 aromatic heterocycles.